The average molecular weight is 283 g/mol. The van der Waals surface area contributed by atoms with Crippen molar-refractivity contribution in [1.29, 1.82) is 0 Å². The van der Waals surface area contributed by atoms with Gasteiger partial charge < -0.3 is 21.5 Å². The fourth-order valence-corrected chi connectivity index (χ4v) is 2.06. The Hall–Kier alpha value is -2.15. The van der Waals surface area contributed by atoms with E-state index in [1.54, 1.807) is 0 Å². The molecule has 1 heterocycles. The van der Waals surface area contributed by atoms with Crippen molar-refractivity contribution in [2.75, 3.05) is 6.54 Å². The zero-order valence-corrected chi connectivity index (χ0v) is 10.6. The van der Waals surface area contributed by atoms with Crippen LogP contribution < -0.4 is 16.4 Å². The Bertz CT molecular complexity index is 528. The molecule has 1 aromatic rings. The third-order valence-electron chi connectivity index (χ3n) is 3.10. The molecule has 5 N–H and O–H groups in total. The molecule has 2 atom stereocenters. The van der Waals surface area contributed by atoms with E-state index in [4.69, 9.17) is 10.8 Å². The van der Waals surface area contributed by atoms with Gasteiger partial charge in [0.05, 0.1) is 5.70 Å². The third kappa shape index (κ3) is 3.45. The molecule has 0 bridgehead atoms. The van der Waals surface area contributed by atoms with Gasteiger partial charge in [-0.1, -0.05) is 0 Å². The summed E-state index contributed by atoms with van der Waals surface area (Å²) in [6, 6.07) is 2.34. The van der Waals surface area contributed by atoms with Crippen molar-refractivity contribution in [1.82, 2.24) is 10.6 Å². The van der Waals surface area contributed by atoms with Crippen molar-refractivity contribution in [2.24, 2.45) is 5.73 Å². The highest BCUT2D eigenvalue weighted by Gasteiger charge is 2.28. The molecule has 1 fully saturated rings. The molecule has 108 valence electrons. The third-order valence-corrected chi connectivity index (χ3v) is 3.10. The minimum absolute atomic E-state index is 0.0898. The first-order chi connectivity index (χ1) is 9.45. The standard InChI is InChI=1S/C13H15F2N3O2/c14-8-1-7(2-9(15)3-8)11(16)6-17-10-4-12(13(19)20)18-5-10/h1-3,6,10,12,17-18H,4-5,16H2,(H,19,20)/b11-6-. The maximum Gasteiger partial charge on any atom is 0.320 e. The second-order valence-electron chi connectivity index (χ2n) is 4.66. The highest BCUT2D eigenvalue weighted by atomic mass is 19.1. The first kappa shape index (κ1) is 14.3. The lowest BCUT2D eigenvalue weighted by Crippen LogP contribution is -2.30. The quantitative estimate of drug-likeness (QED) is 0.651. The van der Waals surface area contributed by atoms with Crippen LogP contribution in [0.4, 0.5) is 8.78 Å². The highest BCUT2D eigenvalue weighted by molar-refractivity contribution is 5.74. The van der Waals surface area contributed by atoms with Crippen molar-refractivity contribution in [3.05, 3.63) is 41.6 Å². The van der Waals surface area contributed by atoms with E-state index in [0.717, 1.165) is 18.2 Å². The maximum absolute atomic E-state index is 13.1. The summed E-state index contributed by atoms with van der Waals surface area (Å²) in [4.78, 5) is 10.8. The summed E-state index contributed by atoms with van der Waals surface area (Å²) >= 11 is 0. The second-order valence-corrected chi connectivity index (χ2v) is 4.66. The molecule has 1 aliphatic rings. The number of carbonyl (C=O) groups is 1. The molecule has 7 heteroatoms. The number of hydrogen-bond donors (Lipinski definition) is 4. The van der Waals surface area contributed by atoms with Gasteiger partial charge in [-0.15, -0.1) is 0 Å². The van der Waals surface area contributed by atoms with Crippen LogP contribution in [0.2, 0.25) is 0 Å². The molecule has 0 aliphatic carbocycles. The second kappa shape index (κ2) is 5.87. The molecule has 1 aliphatic heterocycles. The van der Waals surface area contributed by atoms with Crippen LogP contribution in [-0.2, 0) is 4.79 Å². The lowest BCUT2D eigenvalue weighted by molar-refractivity contribution is -0.139. The molecule has 0 radical (unpaired) electrons. The fourth-order valence-electron chi connectivity index (χ4n) is 2.06. The maximum atomic E-state index is 13.1. The Balaban J connectivity index is 1.99. The Morgan fingerprint density at radius 2 is 2.05 bits per heavy atom. The molecular formula is C13H15F2N3O2. The van der Waals surface area contributed by atoms with E-state index in [1.165, 1.54) is 6.20 Å². The Morgan fingerprint density at radius 3 is 2.60 bits per heavy atom. The Morgan fingerprint density at radius 1 is 1.40 bits per heavy atom. The molecule has 0 saturated carbocycles. The van der Waals surface area contributed by atoms with Gasteiger partial charge in [0.15, 0.2) is 0 Å². The Labute approximate surface area is 114 Å². The van der Waals surface area contributed by atoms with E-state index in [0.29, 0.717) is 13.0 Å². The van der Waals surface area contributed by atoms with Crippen LogP contribution in [0.1, 0.15) is 12.0 Å². The molecule has 1 aromatic carbocycles. The molecule has 1 saturated heterocycles. The van der Waals surface area contributed by atoms with Crippen molar-refractivity contribution in [3.8, 4) is 0 Å². The number of hydrogen-bond acceptors (Lipinski definition) is 4. The summed E-state index contributed by atoms with van der Waals surface area (Å²) in [5, 5.41) is 14.6. The van der Waals surface area contributed by atoms with Gasteiger partial charge in [-0.3, -0.25) is 4.79 Å². The predicted octanol–water partition coefficient (Wildman–Crippen LogP) is 0.627. The van der Waals surface area contributed by atoms with Crippen LogP contribution in [0.5, 0.6) is 0 Å². The molecule has 2 unspecified atom stereocenters. The number of nitrogens with two attached hydrogens (primary N) is 1. The molecule has 0 amide bonds. The smallest absolute Gasteiger partial charge is 0.320 e. The van der Waals surface area contributed by atoms with Crippen molar-refractivity contribution < 1.29 is 18.7 Å². The molecule has 5 nitrogen and oxygen atoms in total. The van der Waals surface area contributed by atoms with Crippen LogP contribution in [0, 0.1) is 11.6 Å². The van der Waals surface area contributed by atoms with E-state index < -0.39 is 23.6 Å². The van der Waals surface area contributed by atoms with E-state index in [1.807, 2.05) is 0 Å². The molecule has 0 spiro atoms. The largest absolute Gasteiger partial charge is 0.480 e. The van der Waals surface area contributed by atoms with E-state index in [2.05, 4.69) is 10.6 Å². The first-order valence-corrected chi connectivity index (χ1v) is 6.10. The minimum atomic E-state index is -0.904. The van der Waals surface area contributed by atoms with Crippen molar-refractivity contribution >= 4 is 11.7 Å². The van der Waals surface area contributed by atoms with Gasteiger partial charge in [0.25, 0.3) is 0 Å². The highest BCUT2D eigenvalue weighted by Crippen LogP contribution is 2.14. The van der Waals surface area contributed by atoms with Crippen LogP contribution >= 0.6 is 0 Å². The lowest BCUT2D eigenvalue weighted by Gasteiger charge is -2.10. The monoisotopic (exact) mass is 283 g/mol. The zero-order valence-electron chi connectivity index (χ0n) is 10.6. The van der Waals surface area contributed by atoms with E-state index in [9.17, 15) is 13.6 Å². The summed E-state index contributed by atoms with van der Waals surface area (Å²) in [6.45, 7) is 0.484. The van der Waals surface area contributed by atoms with Crippen LogP contribution in [-0.4, -0.2) is 29.7 Å². The minimum Gasteiger partial charge on any atom is -0.480 e. The topological polar surface area (TPSA) is 87.4 Å². The van der Waals surface area contributed by atoms with Gasteiger partial charge in [-0.25, -0.2) is 8.78 Å². The average Bonchev–Trinajstić information content (AvgIpc) is 2.83. The molecule has 2 rings (SSSR count). The van der Waals surface area contributed by atoms with Crippen molar-refractivity contribution in [2.45, 2.75) is 18.5 Å². The summed E-state index contributed by atoms with van der Waals surface area (Å²) in [6.07, 6.45) is 1.85. The van der Waals surface area contributed by atoms with E-state index in [-0.39, 0.29) is 17.3 Å². The number of rotatable bonds is 4. The summed E-state index contributed by atoms with van der Waals surface area (Å²) in [7, 11) is 0. The number of aliphatic carboxylic acids is 1. The molecule has 20 heavy (non-hydrogen) atoms. The van der Waals surface area contributed by atoms with Gasteiger partial charge in [-0.2, -0.15) is 0 Å². The normalized spacial score (nSPS) is 22.8. The Kier molecular flexibility index (Phi) is 4.19. The lowest BCUT2D eigenvalue weighted by atomic mass is 10.1. The predicted molar refractivity (Wildman–Crippen MR) is 69.5 cm³/mol. The number of benzene rings is 1. The summed E-state index contributed by atoms with van der Waals surface area (Å²) in [5.74, 6) is -2.31. The van der Waals surface area contributed by atoms with Gasteiger partial charge in [0, 0.05) is 30.4 Å². The number of carboxylic acids is 1. The number of halogens is 2. The van der Waals surface area contributed by atoms with Crippen LogP contribution in [0.25, 0.3) is 5.70 Å². The van der Waals surface area contributed by atoms with Crippen LogP contribution in [0.3, 0.4) is 0 Å². The van der Waals surface area contributed by atoms with Gasteiger partial charge in [0.2, 0.25) is 0 Å². The molecule has 0 aromatic heterocycles. The first-order valence-electron chi connectivity index (χ1n) is 6.10. The summed E-state index contributed by atoms with van der Waals surface area (Å²) < 4.78 is 26.1. The van der Waals surface area contributed by atoms with E-state index >= 15 is 0 Å². The molecular weight excluding hydrogens is 268 g/mol. The van der Waals surface area contributed by atoms with Gasteiger partial charge in [-0.05, 0) is 18.6 Å². The van der Waals surface area contributed by atoms with Gasteiger partial charge >= 0.3 is 5.97 Å². The van der Waals surface area contributed by atoms with Crippen LogP contribution in [0.15, 0.2) is 24.4 Å². The number of nitrogens with one attached hydrogen (secondary N) is 2. The van der Waals surface area contributed by atoms with Gasteiger partial charge in [0.1, 0.15) is 17.7 Å². The SMILES string of the molecule is N/C(=C\NC1CNC(C(=O)O)C1)c1cc(F)cc(F)c1. The number of carboxylic acid groups (broad SMARTS) is 1. The summed E-state index contributed by atoms with van der Waals surface area (Å²) in [5.41, 5.74) is 6.15. The fraction of sp³-hybridized carbons (Fsp3) is 0.308. The van der Waals surface area contributed by atoms with Crippen molar-refractivity contribution in [3.63, 3.8) is 0 Å². The zero-order chi connectivity index (χ0) is 14.7.